The molecule has 0 aromatic carbocycles. The molecule has 1 rings (SSSR count). The molecule has 0 radical (unpaired) electrons. The maximum atomic E-state index is 8.45. The van der Waals surface area contributed by atoms with Gasteiger partial charge in [-0.1, -0.05) is 13.3 Å². The summed E-state index contributed by atoms with van der Waals surface area (Å²) >= 11 is 0. The van der Waals surface area contributed by atoms with Gasteiger partial charge in [0, 0.05) is 19.0 Å². The molecule has 1 aliphatic heterocycles. The molecule has 0 saturated carbocycles. The summed E-state index contributed by atoms with van der Waals surface area (Å²) in [6, 6.07) is 2.59. The van der Waals surface area contributed by atoms with Crippen LogP contribution in [0.3, 0.4) is 0 Å². The Morgan fingerprint density at radius 3 is 3.00 bits per heavy atom. The molecule has 80 valence electrons. The number of hydrogen-bond acceptors (Lipinski definition) is 3. The summed E-state index contributed by atoms with van der Waals surface area (Å²) in [4.78, 5) is 2.45. The highest BCUT2D eigenvalue weighted by atomic mass is 15.1. The standard InChI is InChI=1S/C11H21N3/c1-2-10-9-14(7-4-3-6-12)8-5-11(10)13/h10-11H,2-5,7-9,13H2,1H3. The Labute approximate surface area is 86.9 Å². The van der Waals surface area contributed by atoms with Gasteiger partial charge in [0.05, 0.1) is 6.07 Å². The molecular weight excluding hydrogens is 174 g/mol. The third-order valence-corrected chi connectivity index (χ3v) is 3.16. The highest BCUT2D eigenvalue weighted by Gasteiger charge is 2.24. The average molecular weight is 195 g/mol. The van der Waals surface area contributed by atoms with Crippen LogP contribution in [-0.2, 0) is 0 Å². The lowest BCUT2D eigenvalue weighted by Crippen LogP contribution is -2.47. The Hall–Kier alpha value is -0.590. The monoisotopic (exact) mass is 195 g/mol. The first-order valence-corrected chi connectivity index (χ1v) is 5.62. The molecule has 2 N–H and O–H groups in total. The predicted molar refractivity (Wildman–Crippen MR) is 57.7 cm³/mol. The summed E-state index contributed by atoms with van der Waals surface area (Å²) in [5, 5.41) is 8.45. The quantitative estimate of drug-likeness (QED) is 0.689. The van der Waals surface area contributed by atoms with E-state index in [0.717, 1.165) is 32.5 Å². The molecule has 0 spiro atoms. The summed E-state index contributed by atoms with van der Waals surface area (Å²) in [5.41, 5.74) is 6.03. The van der Waals surface area contributed by atoms with Gasteiger partial charge in [0.2, 0.25) is 0 Å². The maximum absolute atomic E-state index is 8.45. The van der Waals surface area contributed by atoms with Crippen LogP contribution in [0.1, 0.15) is 32.6 Å². The molecule has 3 nitrogen and oxygen atoms in total. The molecule has 1 fully saturated rings. The van der Waals surface area contributed by atoms with Gasteiger partial charge in [-0.3, -0.25) is 0 Å². The van der Waals surface area contributed by atoms with Crippen LogP contribution >= 0.6 is 0 Å². The predicted octanol–water partition coefficient (Wildman–Crippen LogP) is 1.35. The molecule has 14 heavy (non-hydrogen) atoms. The molecule has 1 saturated heterocycles. The van der Waals surface area contributed by atoms with E-state index in [2.05, 4.69) is 17.9 Å². The molecule has 0 aromatic rings. The number of hydrogen-bond donors (Lipinski definition) is 1. The van der Waals surface area contributed by atoms with Gasteiger partial charge in [-0.25, -0.2) is 0 Å². The van der Waals surface area contributed by atoms with Crippen LogP contribution in [0.2, 0.25) is 0 Å². The lowest BCUT2D eigenvalue weighted by atomic mass is 9.90. The van der Waals surface area contributed by atoms with Crippen molar-refractivity contribution >= 4 is 0 Å². The fourth-order valence-electron chi connectivity index (χ4n) is 2.14. The van der Waals surface area contributed by atoms with Crippen molar-refractivity contribution < 1.29 is 0 Å². The molecule has 0 bridgehead atoms. The Kier molecular flexibility index (Phi) is 4.92. The molecule has 2 unspecified atom stereocenters. The minimum absolute atomic E-state index is 0.396. The van der Waals surface area contributed by atoms with Crippen molar-refractivity contribution in [2.45, 2.75) is 38.6 Å². The molecule has 1 heterocycles. The molecule has 1 aliphatic rings. The summed E-state index contributed by atoms with van der Waals surface area (Å²) in [6.45, 7) is 5.52. The largest absolute Gasteiger partial charge is 0.327 e. The van der Waals surface area contributed by atoms with E-state index in [0.29, 0.717) is 18.4 Å². The van der Waals surface area contributed by atoms with Crippen LogP contribution < -0.4 is 5.73 Å². The van der Waals surface area contributed by atoms with Crippen molar-refractivity contribution in [3.63, 3.8) is 0 Å². The van der Waals surface area contributed by atoms with Crippen LogP contribution in [0.25, 0.3) is 0 Å². The van der Waals surface area contributed by atoms with Crippen molar-refractivity contribution in [2.75, 3.05) is 19.6 Å². The normalized spacial score (nSPS) is 28.6. The second-order valence-corrected chi connectivity index (χ2v) is 4.18. The van der Waals surface area contributed by atoms with E-state index < -0.39 is 0 Å². The van der Waals surface area contributed by atoms with Gasteiger partial charge in [-0.2, -0.15) is 5.26 Å². The summed E-state index contributed by atoms with van der Waals surface area (Å²) in [5.74, 6) is 0.658. The third kappa shape index (κ3) is 3.28. The van der Waals surface area contributed by atoms with E-state index in [9.17, 15) is 0 Å². The zero-order valence-corrected chi connectivity index (χ0v) is 9.08. The highest BCUT2D eigenvalue weighted by molar-refractivity contribution is 4.82. The van der Waals surface area contributed by atoms with Crippen LogP contribution in [0.5, 0.6) is 0 Å². The molecule has 0 aliphatic carbocycles. The maximum Gasteiger partial charge on any atom is 0.0622 e. The molecule has 3 heteroatoms. The summed E-state index contributed by atoms with van der Waals surface area (Å²) < 4.78 is 0. The summed E-state index contributed by atoms with van der Waals surface area (Å²) in [7, 11) is 0. The number of unbranched alkanes of at least 4 members (excludes halogenated alkanes) is 1. The van der Waals surface area contributed by atoms with E-state index in [1.165, 1.54) is 6.42 Å². The average Bonchev–Trinajstić information content (AvgIpc) is 2.21. The number of likely N-dealkylation sites (tertiary alicyclic amines) is 1. The molecular formula is C11H21N3. The fraction of sp³-hybridized carbons (Fsp3) is 0.909. The zero-order chi connectivity index (χ0) is 10.4. The van der Waals surface area contributed by atoms with Gasteiger partial charge in [0.15, 0.2) is 0 Å². The minimum Gasteiger partial charge on any atom is -0.327 e. The number of nitrogens with two attached hydrogens (primary N) is 1. The Balaban J connectivity index is 2.25. The first-order chi connectivity index (χ1) is 6.77. The van der Waals surface area contributed by atoms with Gasteiger partial charge in [-0.05, 0) is 31.8 Å². The van der Waals surface area contributed by atoms with Crippen molar-refractivity contribution in [3.8, 4) is 6.07 Å². The Morgan fingerprint density at radius 2 is 2.36 bits per heavy atom. The summed E-state index contributed by atoms with van der Waals surface area (Å²) in [6.07, 6.45) is 3.97. The van der Waals surface area contributed by atoms with Crippen LogP contribution in [0.4, 0.5) is 0 Å². The van der Waals surface area contributed by atoms with Gasteiger partial charge in [0.25, 0.3) is 0 Å². The van der Waals surface area contributed by atoms with E-state index >= 15 is 0 Å². The first kappa shape index (κ1) is 11.5. The van der Waals surface area contributed by atoms with Gasteiger partial charge < -0.3 is 10.6 Å². The lowest BCUT2D eigenvalue weighted by Gasteiger charge is -2.36. The van der Waals surface area contributed by atoms with Gasteiger partial charge in [-0.15, -0.1) is 0 Å². The van der Waals surface area contributed by atoms with Crippen molar-refractivity contribution in [1.29, 1.82) is 5.26 Å². The van der Waals surface area contributed by atoms with Gasteiger partial charge in [0.1, 0.15) is 0 Å². The topological polar surface area (TPSA) is 53.0 Å². The first-order valence-electron chi connectivity index (χ1n) is 5.62. The molecule has 0 aromatic heterocycles. The van der Waals surface area contributed by atoms with Crippen LogP contribution in [0, 0.1) is 17.2 Å². The Bertz CT molecular complexity index is 197. The second kappa shape index (κ2) is 6.00. The van der Waals surface area contributed by atoms with Crippen LogP contribution in [-0.4, -0.2) is 30.6 Å². The van der Waals surface area contributed by atoms with Crippen molar-refractivity contribution in [3.05, 3.63) is 0 Å². The van der Waals surface area contributed by atoms with E-state index in [4.69, 9.17) is 11.0 Å². The smallest absolute Gasteiger partial charge is 0.0622 e. The lowest BCUT2D eigenvalue weighted by molar-refractivity contribution is 0.151. The number of piperidine rings is 1. The van der Waals surface area contributed by atoms with E-state index in [-0.39, 0.29) is 0 Å². The molecule has 0 amide bonds. The Morgan fingerprint density at radius 1 is 1.57 bits per heavy atom. The fourth-order valence-corrected chi connectivity index (χ4v) is 2.14. The van der Waals surface area contributed by atoms with Crippen molar-refractivity contribution in [1.82, 2.24) is 4.90 Å². The van der Waals surface area contributed by atoms with E-state index in [1.54, 1.807) is 0 Å². The number of rotatable bonds is 4. The number of nitriles is 1. The zero-order valence-electron chi connectivity index (χ0n) is 9.08. The highest BCUT2D eigenvalue weighted by Crippen LogP contribution is 2.18. The second-order valence-electron chi connectivity index (χ2n) is 4.18. The SMILES string of the molecule is CCC1CN(CCCC#N)CCC1N. The number of nitrogens with zero attached hydrogens (tertiary/aromatic N) is 2. The minimum atomic E-state index is 0.396. The van der Waals surface area contributed by atoms with Crippen LogP contribution in [0.15, 0.2) is 0 Å². The van der Waals surface area contributed by atoms with Gasteiger partial charge >= 0.3 is 0 Å². The van der Waals surface area contributed by atoms with E-state index in [1.807, 2.05) is 0 Å². The van der Waals surface area contributed by atoms with Crippen molar-refractivity contribution in [2.24, 2.45) is 11.7 Å². The third-order valence-electron chi connectivity index (χ3n) is 3.16. The molecule has 2 atom stereocenters.